The van der Waals surface area contributed by atoms with Crippen LogP contribution >= 0.6 is 15.9 Å². The van der Waals surface area contributed by atoms with Gasteiger partial charge >= 0.3 is 6.18 Å². The molecule has 1 aliphatic rings. The molecule has 0 saturated carbocycles. The van der Waals surface area contributed by atoms with E-state index < -0.39 is 11.7 Å². The van der Waals surface area contributed by atoms with Crippen LogP contribution in [0, 0.1) is 0 Å². The Morgan fingerprint density at radius 1 is 1.42 bits per heavy atom. The summed E-state index contributed by atoms with van der Waals surface area (Å²) in [7, 11) is 1.71. The third-order valence-electron chi connectivity index (χ3n) is 3.33. The number of nitrogens with one attached hydrogen (secondary N) is 1. The number of hydrogen-bond donors (Lipinski definition) is 1. The van der Waals surface area contributed by atoms with Crippen LogP contribution in [0.1, 0.15) is 18.4 Å². The molecule has 1 aliphatic heterocycles. The van der Waals surface area contributed by atoms with Gasteiger partial charge in [0.05, 0.1) is 5.56 Å². The molecule has 6 heteroatoms. The third-order valence-corrected chi connectivity index (χ3v) is 3.83. The molecule has 0 spiro atoms. The van der Waals surface area contributed by atoms with Crippen molar-refractivity contribution in [2.24, 2.45) is 0 Å². The Morgan fingerprint density at radius 3 is 2.74 bits per heavy atom. The van der Waals surface area contributed by atoms with E-state index in [-0.39, 0.29) is 11.7 Å². The molecule has 1 aromatic carbocycles. The maximum absolute atomic E-state index is 13.0. The highest BCUT2D eigenvalue weighted by Crippen LogP contribution is 2.37. The van der Waals surface area contributed by atoms with Crippen LogP contribution in [0.3, 0.4) is 0 Å². The monoisotopic (exact) mass is 336 g/mol. The second-order valence-electron chi connectivity index (χ2n) is 4.83. The lowest BCUT2D eigenvalue weighted by atomic mass is 10.1. The maximum atomic E-state index is 13.0. The zero-order valence-electron chi connectivity index (χ0n) is 10.6. The van der Waals surface area contributed by atoms with E-state index in [0.29, 0.717) is 11.0 Å². The van der Waals surface area contributed by atoms with Crippen LogP contribution in [-0.4, -0.2) is 26.2 Å². The van der Waals surface area contributed by atoms with Crippen LogP contribution in [0.25, 0.3) is 0 Å². The number of rotatable bonds is 3. The molecule has 0 radical (unpaired) electrons. The Bertz CT molecular complexity index is 442. The highest BCUT2D eigenvalue weighted by Gasteiger charge is 2.34. The van der Waals surface area contributed by atoms with E-state index in [2.05, 4.69) is 21.2 Å². The molecule has 1 aromatic rings. The van der Waals surface area contributed by atoms with Crippen molar-refractivity contribution in [3.63, 3.8) is 0 Å². The number of likely N-dealkylation sites (N-methyl/N-ethyl adjacent to an activating group) is 1. The van der Waals surface area contributed by atoms with Gasteiger partial charge in [0, 0.05) is 29.8 Å². The predicted octanol–water partition coefficient (Wildman–Crippen LogP) is 3.66. The number of anilines is 1. The topological polar surface area (TPSA) is 15.3 Å². The van der Waals surface area contributed by atoms with Crippen LogP contribution in [0.4, 0.5) is 18.9 Å². The van der Waals surface area contributed by atoms with Crippen molar-refractivity contribution in [2.75, 3.05) is 25.0 Å². The van der Waals surface area contributed by atoms with Gasteiger partial charge in [0.25, 0.3) is 0 Å². The lowest BCUT2D eigenvalue weighted by Crippen LogP contribution is -2.36. The normalized spacial score (nSPS) is 19.7. The minimum absolute atomic E-state index is 0.218. The average molecular weight is 337 g/mol. The smallest absolute Gasteiger partial charge is 0.373 e. The summed E-state index contributed by atoms with van der Waals surface area (Å²) in [5.74, 6) is 0. The molecule has 1 unspecified atom stereocenters. The first kappa shape index (κ1) is 14.7. The average Bonchev–Trinajstić information content (AvgIpc) is 2.80. The van der Waals surface area contributed by atoms with E-state index in [1.807, 2.05) is 0 Å². The van der Waals surface area contributed by atoms with E-state index in [1.54, 1.807) is 11.9 Å². The number of benzene rings is 1. The summed E-state index contributed by atoms with van der Waals surface area (Å²) in [4.78, 5) is 1.68. The lowest BCUT2D eigenvalue weighted by Gasteiger charge is -2.26. The molecule has 19 heavy (non-hydrogen) atoms. The fourth-order valence-corrected chi connectivity index (χ4v) is 2.75. The minimum Gasteiger partial charge on any atom is -0.373 e. The molecule has 2 nitrogen and oxygen atoms in total. The molecule has 0 aromatic heterocycles. The first-order chi connectivity index (χ1) is 8.88. The molecule has 0 bridgehead atoms. The van der Waals surface area contributed by atoms with Crippen molar-refractivity contribution < 1.29 is 13.2 Å². The summed E-state index contributed by atoms with van der Waals surface area (Å²) in [6.45, 7) is 1.53. The van der Waals surface area contributed by atoms with Gasteiger partial charge in [0.2, 0.25) is 0 Å². The van der Waals surface area contributed by atoms with Gasteiger partial charge in [-0.05, 0) is 37.6 Å². The largest absolute Gasteiger partial charge is 0.418 e. The Hall–Kier alpha value is -0.750. The molecule has 106 valence electrons. The van der Waals surface area contributed by atoms with Gasteiger partial charge in [0.15, 0.2) is 0 Å². The van der Waals surface area contributed by atoms with Gasteiger partial charge < -0.3 is 10.2 Å². The Morgan fingerprint density at radius 2 is 2.16 bits per heavy atom. The lowest BCUT2D eigenvalue weighted by molar-refractivity contribution is -0.137. The highest BCUT2D eigenvalue weighted by molar-refractivity contribution is 9.10. The Balaban J connectivity index is 2.23. The Labute approximate surface area is 119 Å². The van der Waals surface area contributed by atoms with Crippen molar-refractivity contribution in [3.8, 4) is 0 Å². The molecule has 1 fully saturated rings. The summed E-state index contributed by atoms with van der Waals surface area (Å²) >= 11 is 3.23. The van der Waals surface area contributed by atoms with Crippen LogP contribution < -0.4 is 10.2 Å². The second-order valence-corrected chi connectivity index (χ2v) is 5.75. The van der Waals surface area contributed by atoms with Crippen molar-refractivity contribution in [3.05, 3.63) is 28.2 Å². The van der Waals surface area contributed by atoms with Gasteiger partial charge in [-0.2, -0.15) is 13.2 Å². The molecule has 0 amide bonds. The van der Waals surface area contributed by atoms with Crippen LogP contribution in [0.2, 0.25) is 0 Å². The van der Waals surface area contributed by atoms with Crippen LogP contribution in [0.15, 0.2) is 22.7 Å². The van der Waals surface area contributed by atoms with E-state index in [4.69, 9.17) is 0 Å². The molecule has 0 aliphatic carbocycles. The third kappa shape index (κ3) is 3.63. The van der Waals surface area contributed by atoms with E-state index in [0.717, 1.165) is 25.5 Å². The quantitative estimate of drug-likeness (QED) is 0.906. The first-order valence-corrected chi connectivity index (χ1v) is 6.98. The fourth-order valence-electron chi connectivity index (χ4n) is 2.40. The van der Waals surface area contributed by atoms with Crippen molar-refractivity contribution in [2.45, 2.75) is 25.1 Å². The van der Waals surface area contributed by atoms with Gasteiger partial charge in [-0.15, -0.1) is 0 Å². The fraction of sp³-hybridized carbons (Fsp3) is 0.538. The zero-order chi connectivity index (χ0) is 14.0. The molecule has 2 rings (SSSR count). The maximum Gasteiger partial charge on any atom is 0.418 e. The van der Waals surface area contributed by atoms with E-state index in [1.165, 1.54) is 12.1 Å². The van der Waals surface area contributed by atoms with Gasteiger partial charge in [-0.1, -0.05) is 15.9 Å². The SMILES string of the molecule is CN(CC1CCCN1)c1cc(Br)ccc1C(F)(F)F. The summed E-state index contributed by atoms with van der Waals surface area (Å²) in [6.07, 6.45) is -2.23. The molecular formula is C13H16BrF3N2. The standard InChI is InChI=1S/C13H16BrF3N2/c1-19(8-10-3-2-6-18-10)12-7-9(14)4-5-11(12)13(15,16)17/h4-5,7,10,18H,2-3,6,8H2,1H3. The van der Waals surface area contributed by atoms with Crippen LogP contribution in [-0.2, 0) is 6.18 Å². The van der Waals surface area contributed by atoms with Crippen molar-refractivity contribution >= 4 is 21.6 Å². The second kappa shape index (κ2) is 5.71. The van der Waals surface area contributed by atoms with E-state index >= 15 is 0 Å². The number of nitrogens with zero attached hydrogens (tertiary/aromatic N) is 1. The molecule has 1 heterocycles. The van der Waals surface area contributed by atoms with Gasteiger partial charge in [-0.3, -0.25) is 0 Å². The predicted molar refractivity (Wildman–Crippen MR) is 73.4 cm³/mol. The number of alkyl halides is 3. The molecule has 1 atom stereocenters. The molecule has 1 N–H and O–H groups in total. The van der Waals surface area contributed by atoms with Crippen molar-refractivity contribution in [1.82, 2.24) is 5.32 Å². The Kier molecular flexibility index (Phi) is 4.40. The number of hydrogen-bond acceptors (Lipinski definition) is 2. The zero-order valence-corrected chi connectivity index (χ0v) is 12.2. The van der Waals surface area contributed by atoms with Crippen LogP contribution in [0.5, 0.6) is 0 Å². The summed E-state index contributed by atoms with van der Waals surface area (Å²) in [6, 6.07) is 4.34. The first-order valence-electron chi connectivity index (χ1n) is 6.19. The van der Waals surface area contributed by atoms with E-state index in [9.17, 15) is 13.2 Å². The minimum atomic E-state index is -4.33. The van der Waals surface area contributed by atoms with Gasteiger partial charge in [-0.25, -0.2) is 0 Å². The van der Waals surface area contributed by atoms with Crippen molar-refractivity contribution in [1.29, 1.82) is 0 Å². The molecular weight excluding hydrogens is 321 g/mol. The highest BCUT2D eigenvalue weighted by atomic mass is 79.9. The summed E-state index contributed by atoms with van der Waals surface area (Å²) < 4.78 is 39.6. The number of halogens is 4. The van der Waals surface area contributed by atoms with Gasteiger partial charge in [0.1, 0.15) is 0 Å². The summed E-state index contributed by atoms with van der Waals surface area (Å²) in [5.41, 5.74) is -0.369. The molecule has 1 saturated heterocycles. The summed E-state index contributed by atoms with van der Waals surface area (Å²) in [5, 5.41) is 3.30.